The molecule has 2 aromatic rings. The summed E-state index contributed by atoms with van der Waals surface area (Å²) in [5.41, 5.74) is 0.943. The van der Waals surface area contributed by atoms with Crippen LogP contribution in [0, 0.1) is 0 Å². The highest BCUT2D eigenvalue weighted by atomic mass is 35.5. The van der Waals surface area contributed by atoms with E-state index < -0.39 is 0 Å². The van der Waals surface area contributed by atoms with Crippen LogP contribution in [0.3, 0.4) is 0 Å². The SMILES string of the molecule is CCNC(=NCC(C)(C)c1ccccc1Cl)NC1CCc2nc(COC)nn2C1. The van der Waals surface area contributed by atoms with Crippen LogP contribution in [0.4, 0.5) is 0 Å². The first kappa shape index (κ1) is 21.6. The Morgan fingerprint density at radius 3 is 2.90 bits per heavy atom. The lowest BCUT2D eigenvalue weighted by Crippen LogP contribution is -2.47. The van der Waals surface area contributed by atoms with E-state index in [0.717, 1.165) is 54.1 Å². The maximum absolute atomic E-state index is 6.41. The van der Waals surface area contributed by atoms with Crippen molar-refractivity contribution in [1.29, 1.82) is 0 Å². The zero-order chi connectivity index (χ0) is 20.9. The Bertz CT molecular complexity index is 847. The predicted molar refractivity (Wildman–Crippen MR) is 116 cm³/mol. The lowest BCUT2D eigenvalue weighted by molar-refractivity contribution is 0.177. The highest BCUT2D eigenvalue weighted by Crippen LogP contribution is 2.29. The van der Waals surface area contributed by atoms with Crippen LogP contribution in [0.15, 0.2) is 29.3 Å². The van der Waals surface area contributed by atoms with Gasteiger partial charge in [0.1, 0.15) is 12.4 Å². The Balaban J connectivity index is 1.67. The number of halogens is 1. The van der Waals surface area contributed by atoms with Crippen LogP contribution >= 0.6 is 11.6 Å². The molecule has 2 N–H and O–H groups in total. The Morgan fingerprint density at radius 2 is 2.17 bits per heavy atom. The minimum Gasteiger partial charge on any atom is -0.377 e. The summed E-state index contributed by atoms with van der Waals surface area (Å²) >= 11 is 6.41. The Kier molecular flexibility index (Phi) is 7.14. The van der Waals surface area contributed by atoms with Gasteiger partial charge in [-0.15, -0.1) is 0 Å². The molecule has 2 heterocycles. The first-order valence-electron chi connectivity index (χ1n) is 10.1. The molecule has 0 fully saturated rings. The van der Waals surface area contributed by atoms with Gasteiger partial charge in [-0.05, 0) is 25.0 Å². The van der Waals surface area contributed by atoms with Gasteiger partial charge in [0.25, 0.3) is 0 Å². The van der Waals surface area contributed by atoms with Crippen LogP contribution in [0.1, 0.15) is 44.4 Å². The number of nitrogens with zero attached hydrogens (tertiary/aromatic N) is 4. The smallest absolute Gasteiger partial charge is 0.191 e. The van der Waals surface area contributed by atoms with Crippen molar-refractivity contribution in [2.75, 3.05) is 20.2 Å². The molecule has 1 aromatic carbocycles. The van der Waals surface area contributed by atoms with E-state index in [1.807, 2.05) is 22.9 Å². The summed E-state index contributed by atoms with van der Waals surface area (Å²) < 4.78 is 7.12. The summed E-state index contributed by atoms with van der Waals surface area (Å²) in [6.45, 7) is 9.05. The van der Waals surface area contributed by atoms with Gasteiger partial charge < -0.3 is 15.4 Å². The second-order valence-corrected chi connectivity index (χ2v) is 8.41. The van der Waals surface area contributed by atoms with Crippen LogP contribution < -0.4 is 10.6 Å². The molecule has 1 atom stereocenters. The van der Waals surface area contributed by atoms with Gasteiger partial charge >= 0.3 is 0 Å². The second-order valence-electron chi connectivity index (χ2n) is 8.00. The molecular formula is C21H31ClN6O. The number of aliphatic imine (C=N–C) groups is 1. The third-order valence-corrected chi connectivity index (χ3v) is 5.43. The predicted octanol–water partition coefficient (Wildman–Crippen LogP) is 2.93. The van der Waals surface area contributed by atoms with E-state index in [4.69, 9.17) is 21.3 Å². The summed E-state index contributed by atoms with van der Waals surface area (Å²) in [5, 5.41) is 12.2. The first-order valence-corrected chi connectivity index (χ1v) is 10.5. The van der Waals surface area contributed by atoms with Crippen molar-refractivity contribution < 1.29 is 4.74 Å². The van der Waals surface area contributed by atoms with Gasteiger partial charge in [-0.2, -0.15) is 5.10 Å². The van der Waals surface area contributed by atoms with Crippen molar-refractivity contribution in [1.82, 2.24) is 25.4 Å². The van der Waals surface area contributed by atoms with Crippen molar-refractivity contribution in [2.45, 2.75) is 58.2 Å². The summed E-state index contributed by atoms with van der Waals surface area (Å²) in [6, 6.07) is 8.23. The van der Waals surface area contributed by atoms with E-state index in [0.29, 0.717) is 13.2 Å². The normalized spacial score (nSPS) is 17.1. The molecule has 0 radical (unpaired) electrons. The minimum absolute atomic E-state index is 0.165. The minimum atomic E-state index is -0.165. The lowest BCUT2D eigenvalue weighted by Gasteiger charge is -2.27. The zero-order valence-electron chi connectivity index (χ0n) is 17.7. The van der Waals surface area contributed by atoms with Gasteiger partial charge in [0.05, 0.1) is 13.1 Å². The Hall–Kier alpha value is -2.12. The van der Waals surface area contributed by atoms with Gasteiger partial charge in [0.2, 0.25) is 0 Å². The molecule has 0 spiro atoms. The number of aromatic nitrogens is 3. The van der Waals surface area contributed by atoms with Crippen molar-refractivity contribution in [3.63, 3.8) is 0 Å². The molecular weight excluding hydrogens is 388 g/mol. The molecule has 158 valence electrons. The number of hydrogen-bond donors (Lipinski definition) is 2. The van der Waals surface area contributed by atoms with E-state index >= 15 is 0 Å². The van der Waals surface area contributed by atoms with Crippen molar-refractivity contribution in [3.05, 3.63) is 46.5 Å². The number of fused-ring (bicyclic) bond motifs is 1. The van der Waals surface area contributed by atoms with E-state index in [9.17, 15) is 0 Å². The average molecular weight is 419 g/mol. The molecule has 1 aliphatic rings. The fraction of sp³-hybridized carbons (Fsp3) is 0.571. The number of ether oxygens (including phenoxy) is 1. The van der Waals surface area contributed by atoms with Crippen LogP contribution in [-0.4, -0.2) is 47.0 Å². The highest BCUT2D eigenvalue weighted by molar-refractivity contribution is 6.31. The quantitative estimate of drug-likeness (QED) is 0.534. The molecule has 29 heavy (non-hydrogen) atoms. The van der Waals surface area contributed by atoms with Crippen molar-refractivity contribution >= 4 is 17.6 Å². The Morgan fingerprint density at radius 1 is 1.38 bits per heavy atom. The van der Waals surface area contributed by atoms with Crippen molar-refractivity contribution in [3.8, 4) is 0 Å². The van der Waals surface area contributed by atoms with Gasteiger partial charge in [-0.1, -0.05) is 43.6 Å². The molecule has 0 saturated carbocycles. The monoisotopic (exact) mass is 418 g/mol. The summed E-state index contributed by atoms with van der Waals surface area (Å²) in [4.78, 5) is 9.40. The maximum atomic E-state index is 6.41. The number of methoxy groups -OCH3 is 1. The first-order chi connectivity index (χ1) is 13.9. The van der Waals surface area contributed by atoms with Gasteiger partial charge in [-0.3, -0.25) is 4.99 Å². The van der Waals surface area contributed by atoms with Crippen LogP contribution in [-0.2, 0) is 29.7 Å². The van der Waals surface area contributed by atoms with E-state index in [1.165, 1.54) is 0 Å². The summed E-state index contributed by atoms with van der Waals surface area (Å²) in [7, 11) is 1.66. The van der Waals surface area contributed by atoms with Gasteiger partial charge in [0.15, 0.2) is 11.8 Å². The number of guanidine groups is 1. The molecule has 7 nitrogen and oxygen atoms in total. The second kappa shape index (κ2) is 9.59. The number of nitrogens with one attached hydrogen (secondary N) is 2. The summed E-state index contributed by atoms with van der Waals surface area (Å²) in [5.74, 6) is 2.58. The highest BCUT2D eigenvalue weighted by Gasteiger charge is 2.25. The van der Waals surface area contributed by atoms with Crippen LogP contribution in [0.25, 0.3) is 0 Å². The third kappa shape index (κ3) is 5.48. The topological polar surface area (TPSA) is 76.4 Å². The number of benzene rings is 1. The van der Waals surface area contributed by atoms with Crippen molar-refractivity contribution in [2.24, 2.45) is 4.99 Å². The van der Waals surface area contributed by atoms with E-state index in [2.05, 4.69) is 47.6 Å². The van der Waals surface area contributed by atoms with Crippen LogP contribution in [0.2, 0.25) is 5.02 Å². The molecule has 1 aromatic heterocycles. The van der Waals surface area contributed by atoms with E-state index in [1.54, 1.807) is 7.11 Å². The molecule has 1 aliphatic heterocycles. The zero-order valence-corrected chi connectivity index (χ0v) is 18.5. The Labute approximate surface area is 177 Å². The lowest BCUT2D eigenvalue weighted by atomic mass is 9.85. The fourth-order valence-electron chi connectivity index (χ4n) is 3.55. The maximum Gasteiger partial charge on any atom is 0.191 e. The van der Waals surface area contributed by atoms with Gasteiger partial charge in [-0.25, -0.2) is 9.67 Å². The van der Waals surface area contributed by atoms with E-state index in [-0.39, 0.29) is 11.5 Å². The molecule has 0 bridgehead atoms. The summed E-state index contributed by atoms with van der Waals surface area (Å²) in [6.07, 6.45) is 1.88. The molecule has 0 saturated heterocycles. The molecule has 0 aliphatic carbocycles. The molecule has 8 heteroatoms. The largest absolute Gasteiger partial charge is 0.377 e. The average Bonchev–Trinajstić information content (AvgIpc) is 3.08. The molecule has 1 unspecified atom stereocenters. The molecule has 3 rings (SSSR count). The molecule has 0 amide bonds. The number of rotatable bonds is 7. The van der Waals surface area contributed by atoms with Gasteiger partial charge in [0, 0.05) is 36.6 Å². The number of aryl methyl sites for hydroxylation is 1. The third-order valence-electron chi connectivity index (χ3n) is 5.10. The number of hydrogen-bond acceptors (Lipinski definition) is 4. The fourth-order valence-corrected chi connectivity index (χ4v) is 3.95. The standard InChI is InChI=1S/C21H31ClN6O/c1-5-23-20(24-14-21(2,3)16-8-6-7-9-17(16)22)25-15-10-11-19-26-18(13-29-4)27-28(19)12-15/h6-9,15H,5,10-14H2,1-4H3,(H2,23,24,25). The van der Waals surface area contributed by atoms with Crippen LogP contribution in [0.5, 0.6) is 0 Å².